The highest BCUT2D eigenvalue weighted by Gasteiger charge is 2.37. The Morgan fingerprint density at radius 3 is 2.66 bits per heavy atom. The second-order valence-electron chi connectivity index (χ2n) is 8.82. The van der Waals surface area contributed by atoms with E-state index >= 15 is 0 Å². The van der Waals surface area contributed by atoms with Crippen molar-refractivity contribution in [2.45, 2.75) is 18.9 Å². The molecule has 35 heavy (non-hydrogen) atoms. The number of thiophene rings is 1. The van der Waals surface area contributed by atoms with Crippen molar-refractivity contribution in [2.75, 3.05) is 20.2 Å². The molecule has 2 amide bonds. The zero-order valence-electron chi connectivity index (χ0n) is 19.1. The van der Waals surface area contributed by atoms with Gasteiger partial charge in [-0.3, -0.25) is 14.4 Å². The van der Waals surface area contributed by atoms with Crippen LogP contribution in [-0.2, 0) is 11.3 Å². The summed E-state index contributed by atoms with van der Waals surface area (Å²) in [7, 11) is 1.57. The molecule has 9 heteroatoms. The highest BCUT2D eigenvalue weighted by Crippen LogP contribution is 2.35. The number of ether oxygens (including phenoxy) is 1. The number of likely N-dealkylation sites (tertiary alicyclic amines) is 1. The molecule has 5 rings (SSSR count). The molecule has 2 aromatic heterocycles. The van der Waals surface area contributed by atoms with Crippen molar-refractivity contribution >= 4 is 45.2 Å². The minimum atomic E-state index is -0.364. The van der Waals surface area contributed by atoms with Gasteiger partial charge in [-0.05, 0) is 70.7 Å². The number of pyridine rings is 1. The average Bonchev–Trinajstić information content (AvgIpc) is 3.28. The van der Waals surface area contributed by atoms with E-state index in [9.17, 15) is 14.4 Å². The molecular weight excluding hydrogens is 530 g/mol. The summed E-state index contributed by atoms with van der Waals surface area (Å²) >= 11 is 4.93. The summed E-state index contributed by atoms with van der Waals surface area (Å²) in [6.45, 7) is 1.65. The molecule has 4 heterocycles. The maximum Gasteiger partial charge on any atom is 0.270 e. The van der Waals surface area contributed by atoms with Crippen LogP contribution in [0.2, 0.25) is 0 Å². The van der Waals surface area contributed by atoms with Gasteiger partial charge in [0.2, 0.25) is 0 Å². The summed E-state index contributed by atoms with van der Waals surface area (Å²) < 4.78 is 7.92. The summed E-state index contributed by atoms with van der Waals surface area (Å²) in [6, 6.07) is 14.0. The molecule has 0 aliphatic carbocycles. The van der Waals surface area contributed by atoms with Crippen molar-refractivity contribution < 1.29 is 14.3 Å². The number of hydrogen-bond donors (Lipinski definition) is 1. The second-order valence-corrected chi connectivity index (χ2v) is 10.7. The first-order chi connectivity index (χ1) is 16.9. The molecule has 2 atom stereocenters. The number of carbonyl (C=O) groups excluding carboxylic acids is 2. The Hall–Kier alpha value is -3.17. The molecule has 2 unspecified atom stereocenters. The van der Waals surface area contributed by atoms with Gasteiger partial charge in [-0.1, -0.05) is 6.07 Å². The van der Waals surface area contributed by atoms with Crippen molar-refractivity contribution in [2.24, 2.45) is 5.92 Å². The first-order valence-electron chi connectivity index (χ1n) is 11.3. The van der Waals surface area contributed by atoms with Crippen molar-refractivity contribution in [3.8, 4) is 5.75 Å². The zero-order valence-corrected chi connectivity index (χ0v) is 21.5. The Labute approximate surface area is 215 Å². The van der Waals surface area contributed by atoms with Gasteiger partial charge in [-0.15, -0.1) is 11.3 Å². The van der Waals surface area contributed by atoms with Crippen LogP contribution in [0, 0.1) is 5.92 Å². The second kappa shape index (κ2) is 9.83. The predicted octanol–water partition coefficient (Wildman–Crippen LogP) is 4.10. The number of methoxy groups -OCH3 is 1. The molecular formula is C26H24BrN3O4S. The first kappa shape index (κ1) is 23.6. The monoisotopic (exact) mass is 553 g/mol. The lowest BCUT2D eigenvalue weighted by atomic mass is 9.83. The van der Waals surface area contributed by atoms with Crippen molar-refractivity contribution in [1.29, 1.82) is 0 Å². The van der Waals surface area contributed by atoms with E-state index in [1.165, 1.54) is 11.3 Å². The van der Waals surface area contributed by atoms with Crippen LogP contribution in [0.5, 0.6) is 5.75 Å². The molecule has 1 aromatic carbocycles. The molecule has 7 nitrogen and oxygen atoms in total. The van der Waals surface area contributed by atoms with E-state index in [1.54, 1.807) is 49.6 Å². The number of halogens is 1. The number of carbonyl (C=O) groups is 2. The Bertz CT molecular complexity index is 1360. The molecule has 0 spiro atoms. The van der Waals surface area contributed by atoms with Gasteiger partial charge < -0.3 is 19.5 Å². The lowest BCUT2D eigenvalue weighted by Gasteiger charge is -2.43. The summed E-state index contributed by atoms with van der Waals surface area (Å²) in [6.07, 6.45) is 2.67. The lowest BCUT2D eigenvalue weighted by Crippen LogP contribution is -2.50. The van der Waals surface area contributed by atoms with Gasteiger partial charge in [0.05, 0.1) is 7.11 Å². The van der Waals surface area contributed by atoms with Crippen LogP contribution in [0.15, 0.2) is 68.9 Å². The fourth-order valence-electron chi connectivity index (χ4n) is 4.87. The number of amides is 2. The minimum absolute atomic E-state index is 0.00703. The number of nitrogens with zero attached hydrogens (tertiary/aromatic N) is 2. The van der Waals surface area contributed by atoms with Crippen LogP contribution in [-0.4, -0.2) is 41.5 Å². The largest absolute Gasteiger partial charge is 0.497 e. The van der Waals surface area contributed by atoms with Gasteiger partial charge in [0.25, 0.3) is 17.4 Å². The van der Waals surface area contributed by atoms with E-state index in [4.69, 9.17) is 4.74 Å². The van der Waals surface area contributed by atoms with Gasteiger partial charge >= 0.3 is 0 Å². The molecule has 1 saturated heterocycles. The number of hydrogen-bond acceptors (Lipinski definition) is 5. The zero-order chi connectivity index (χ0) is 24.5. The number of aromatic nitrogens is 1. The molecule has 1 N–H and O–H groups in total. The summed E-state index contributed by atoms with van der Waals surface area (Å²) in [5.41, 5.74) is 1.64. The maximum atomic E-state index is 13.7. The molecule has 2 bridgehead atoms. The highest BCUT2D eigenvalue weighted by molar-refractivity contribution is 9.10. The Balaban J connectivity index is 1.41. The summed E-state index contributed by atoms with van der Waals surface area (Å²) in [5, 5.41) is 4.78. The third-order valence-corrected chi connectivity index (χ3v) is 8.11. The van der Waals surface area contributed by atoms with Crippen LogP contribution in [0.1, 0.15) is 33.3 Å². The molecule has 0 saturated carbocycles. The molecule has 2 aliphatic rings. The standard InChI is InChI=1S/C26H24BrN3O4S/c1-34-20-7-5-17(6-8-20)25(32)28-22(11-21-10-19(27)15-35-21)26(33)29-12-16-9-18(14-29)23-3-2-4-24(31)30(23)13-16/h2-8,10-11,15-16,18H,9,12-14H2,1H3,(H,28,32)/b22-11-. The normalized spacial score (nSPS) is 19.1. The van der Waals surface area contributed by atoms with Crippen molar-refractivity contribution in [3.05, 3.63) is 90.6 Å². The molecule has 1 fully saturated rings. The van der Waals surface area contributed by atoms with E-state index in [-0.39, 0.29) is 34.9 Å². The Morgan fingerprint density at radius 2 is 1.94 bits per heavy atom. The average molecular weight is 554 g/mol. The third-order valence-electron chi connectivity index (χ3n) is 6.47. The smallest absolute Gasteiger partial charge is 0.270 e. The topological polar surface area (TPSA) is 80.6 Å². The van der Waals surface area contributed by atoms with Crippen LogP contribution in [0.3, 0.4) is 0 Å². The van der Waals surface area contributed by atoms with Crippen LogP contribution in [0.25, 0.3) is 6.08 Å². The summed E-state index contributed by atoms with van der Waals surface area (Å²) in [5.74, 6) is 0.348. The van der Waals surface area contributed by atoms with E-state index in [2.05, 4.69) is 21.2 Å². The lowest BCUT2D eigenvalue weighted by molar-refractivity contribution is -0.130. The summed E-state index contributed by atoms with van der Waals surface area (Å²) in [4.78, 5) is 41.8. The maximum absolute atomic E-state index is 13.7. The quantitative estimate of drug-likeness (QED) is 0.482. The number of benzene rings is 1. The predicted molar refractivity (Wildman–Crippen MR) is 139 cm³/mol. The number of fused-ring (bicyclic) bond motifs is 4. The molecule has 0 radical (unpaired) electrons. The van der Waals surface area contributed by atoms with Gasteiger partial charge in [0.15, 0.2) is 0 Å². The third kappa shape index (κ3) is 4.97. The van der Waals surface area contributed by atoms with Crippen LogP contribution < -0.4 is 15.6 Å². The molecule has 3 aromatic rings. The number of rotatable bonds is 5. The number of nitrogens with one attached hydrogen (secondary N) is 1. The van der Waals surface area contributed by atoms with E-state index in [1.807, 2.05) is 27.0 Å². The van der Waals surface area contributed by atoms with Gasteiger partial charge in [-0.2, -0.15) is 0 Å². The fraction of sp³-hybridized carbons (Fsp3) is 0.269. The SMILES string of the molecule is COc1ccc(C(=O)N/C(=C\c2cc(Br)cs2)C(=O)N2CC3CC(C2)c2cccc(=O)n2C3)cc1. The fourth-order valence-corrected chi connectivity index (χ4v) is 6.24. The molecule has 2 aliphatic heterocycles. The van der Waals surface area contributed by atoms with Gasteiger partial charge in [0.1, 0.15) is 11.4 Å². The van der Waals surface area contributed by atoms with E-state index in [0.717, 1.165) is 21.5 Å². The first-order valence-corrected chi connectivity index (χ1v) is 13.0. The van der Waals surface area contributed by atoms with Crippen molar-refractivity contribution in [1.82, 2.24) is 14.8 Å². The van der Waals surface area contributed by atoms with Crippen LogP contribution >= 0.6 is 27.3 Å². The Morgan fingerprint density at radius 1 is 1.14 bits per heavy atom. The van der Waals surface area contributed by atoms with E-state index in [0.29, 0.717) is 30.9 Å². The van der Waals surface area contributed by atoms with Gasteiger partial charge in [0, 0.05) is 57.6 Å². The van der Waals surface area contributed by atoms with Crippen LogP contribution in [0.4, 0.5) is 0 Å². The minimum Gasteiger partial charge on any atom is -0.497 e. The van der Waals surface area contributed by atoms with Gasteiger partial charge in [-0.25, -0.2) is 0 Å². The van der Waals surface area contributed by atoms with E-state index < -0.39 is 0 Å². The van der Waals surface area contributed by atoms with Crippen molar-refractivity contribution in [3.63, 3.8) is 0 Å². The number of piperidine rings is 1. The Kier molecular flexibility index (Phi) is 6.62. The highest BCUT2D eigenvalue weighted by atomic mass is 79.9. The molecule has 180 valence electrons.